The first-order valence-electron chi connectivity index (χ1n) is 8.55. The lowest BCUT2D eigenvalue weighted by Crippen LogP contribution is -3.14. The van der Waals surface area contributed by atoms with Crippen LogP contribution in [0, 0.1) is 0 Å². The molecule has 1 fully saturated rings. The largest absolute Gasteiger partial charge is 0.311 e. The van der Waals surface area contributed by atoms with Gasteiger partial charge in [-0.3, -0.25) is 19.5 Å². The molecule has 2 aliphatic heterocycles. The number of rotatable bonds is 3. The summed E-state index contributed by atoms with van der Waals surface area (Å²) in [5, 5.41) is 0. The second kappa shape index (κ2) is 6.69. The summed E-state index contributed by atoms with van der Waals surface area (Å²) in [4.78, 5) is 32.1. The number of fused-ring (bicyclic) bond motifs is 1. The maximum Gasteiger partial charge on any atom is 0.303 e. The van der Waals surface area contributed by atoms with Crippen LogP contribution in [0.3, 0.4) is 0 Å². The van der Waals surface area contributed by atoms with Crippen molar-refractivity contribution in [3.05, 3.63) is 58.3 Å². The molecule has 1 aromatic heterocycles. The van der Waals surface area contributed by atoms with E-state index >= 15 is 0 Å². The molecule has 128 valence electrons. The first-order valence-corrected chi connectivity index (χ1v) is 9.34. The van der Waals surface area contributed by atoms with Gasteiger partial charge in [0.25, 0.3) is 5.78 Å². The lowest BCUT2D eigenvalue weighted by molar-refractivity contribution is -0.935. The van der Waals surface area contributed by atoms with Crippen LogP contribution < -0.4 is 9.80 Å². The lowest BCUT2D eigenvalue weighted by atomic mass is 9.97. The van der Waals surface area contributed by atoms with Crippen LogP contribution >= 0.6 is 15.9 Å². The minimum atomic E-state index is -0.420. The number of nitrogens with zero attached hydrogens (tertiary/aromatic N) is 2. The van der Waals surface area contributed by atoms with Crippen molar-refractivity contribution in [1.29, 1.82) is 0 Å². The standard InChI is InChI=1S/C19H18BrN3O2/c20-14-6-7-17-15(10-14)18(24)19(25)23(17)12-22-9-2-1-5-16(22)13-4-3-8-21-11-13/h3-4,6-8,10-11,16H,1-2,5,9,12H2/p+1/t16-/m1/s1. The number of aromatic nitrogens is 1. The van der Waals surface area contributed by atoms with Crippen LogP contribution in [0.5, 0.6) is 0 Å². The van der Waals surface area contributed by atoms with E-state index in [0.717, 1.165) is 29.5 Å². The summed E-state index contributed by atoms with van der Waals surface area (Å²) in [6.45, 7) is 1.50. The topological polar surface area (TPSA) is 54.7 Å². The van der Waals surface area contributed by atoms with Gasteiger partial charge in [-0.1, -0.05) is 22.0 Å². The molecule has 1 N–H and O–H groups in total. The van der Waals surface area contributed by atoms with Crippen molar-refractivity contribution in [2.45, 2.75) is 25.3 Å². The molecule has 1 aromatic carbocycles. The first kappa shape index (κ1) is 16.4. The Hall–Kier alpha value is -2.05. The van der Waals surface area contributed by atoms with E-state index in [1.54, 1.807) is 17.2 Å². The average molecular weight is 401 g/mol. The number of pyridine rings is 1. The van der Waals surface area contributed by atoms with Gasteiger partial charge in [-0.25, -0.2) is 0 Å². The van der Waals surface area contributed by atoms with Gasteiger partial charge in [0.2, 0.25) is 0 Å². The molecule has 0 spiro atoms. The van der Waals surface area contributed by atoms with Crippen LogP contribution in [0.4, 0.5) is 5.69 Å². The fourth-order valence-corrected chi connectivity index (χ4v) is 4.25. The molecule has 5 nitrogen and oxygen atoms in total. The van der Waals surface area contributed by atoms with Crippen molar-refractivity contribution in [2.24, 2.45) is 0 Å². The summed E-state index contributed by atoms with van der Waals surface area (Å²) < 4.78 is 0.813. The molecule has 1 unspecified atom stereocenters. The highest BCUT2D eigenvalue weighted by atomic mass is 79.9. The van der Waals surface area contributed by atoms with Gasteiger partial charge < -0.3 is 4.90 Å². The zero-order valence-corrected chi connectivity index (χ0v) is 15.3. The van der Waals surface area contributed by atoms with Gasteiger partial charge in [0.1, 0.15) is 6.04 Å². The molecule has 4 rings (SSSR count). The Labute approximate surface area is 154 Å². The summed E-state index contributed by atoms with van der Waals surface area (Å²) in [7, 11) is 0. The van der Waals surface area contributed by atoms with E-state index in [-0.39, 0.29) is 0 Å². The van der Waals surface area contributed by atoms with Gasteiger partial charge in [0.05, 0.1) is 17.8 Å². The summed E-state index contributed by atoms with van der Waals surface area (Å²) >= 11 is 3.38. The van der Waals surface area contributed by atoms with Crippen molar-refractivity contribution in [3.8, 4) is 0 Å². The van der Waals surface area contributed by atoms with E-state index in [2.05, 4.69) is 27.0 Å². The zero-order valence-electron chi connectivity index (χ0n) is 13.7. The van der Waals surface area contributed by atoms with Crippen LogP contribution in [0.1, 0.15) is 41.2 Å². The van der Waals surface area contributed by atoms with Gasteiger partial charge in [0.15, 0.2) is 6.67 Å². The Morgan fingerprint density at radius 3 is 2.92 bits per heavy atom. The smallest absolute Gasteiger partial charge is 0.303 e. The number of hydrogen-bond donors (Lipinski definition) is 1. The number of amides is 1. The van der Waals surface area contributed by atoms with Gasteiger partial charge in [-0.15, -0.1) is 0 Å². The quantitative estimate of drug-likeness (QED) is 0.802. The fraction of sp³-hybridized carbons (Fsp3) is 0.316. The molecule has 25 heavy (non-hydrogen) atoms. The predicted octanol–water partition coefficient (Wildman–Crippen LogP) is 2.14. The maximum atomic E-state index is 12.5. The van der Waals surface area contributed by atoms with Crippen LogP contribution in [0.2, 0.25) is 0 Å². The van der Waals surface area contributed by atoms with Crippen molar-refractivity contribution in [2.75, 3.05) is 18.1 Å². The number of carbonyl (C=O) groups is 2. The minimum absolute atomic E-state index is 0.310. The molecule has 1 saturated heterocycles. The number of piperidine rings is 1. The summed E-state index contributed by atoms with van der Waals surface area (Å²) in [5.74, 6) is -0.832. The second-order valence-corrected chi connectivity index (χ2v) is 7.54. The Morgan fingerprint density at radius 2 is 2.12 bits per heavy atom. The highest BCUT2D eigenvalue weighted by Gasteiger charge is 2.40. The van der Waals surface area contributed by atoms with Gasteiger partial charge in [0, 0.05) is 28.9 Å². The van der Waals surface area contributed by atoms with E-state index in [0.29, 0.717) is 18.3 Å². The molecule has 2 aromatic rings. The van der Waals surface area contributed by atoms with Crippen LogP contribution in [0.25, 0.3) is 0 Å². The highest BCUT2D eigenvalue weighted by molar-refractivity contribution is 9.10. The molecule has 3 heterocycles. The Bertz CT molecular complexity index is 825. The Kier molecular flexibility index (Phi) is 4.39. The van der Waals surface area contributed by atoms with E-state index in [1.807, 2.05) is 24.4 Å². The minimum Gasteiger partial charge on any atom is -0.311 e. The molecule has 2 atom stereocenters. The average Bonchev–Trinajstić information content (AvgIpc) is 2.87. The molecule has 0 saturated carbocycles. The molecular formula is C19H19BrN3O2+. The molecule has 0 radical (unpaired) electrons. The second-order valence-electron chi connectivity index (χ2n) is 6.62. The first-order chi connectivity index (χ1) is 12.1. The summed E-state index contributed by atoms with van der Waals surface area (Å²) in [6.07, 6.45) is 7.08. The monoisotopic (exact) mass is 400 g/mol. The normalized spacial score (nSPS) is 23.0. The SMILES string of the molecule is O=C1C(=O)N(C[NH+]2CCCC[C@@H]2c2cccnc2)c2ccc(Br)cc21. The number of hydrogen-bond acceptors (Lipinski definition) is 3. The molecule has 6 heteroatoms. The maximum absolute atomic E-state index is 12.5. The zero-order chi connectivity index (χ0) is 17.4. The third-order valence-electron chi connectivity index (χ3n) is 5.11. The summed E-state index contributed by atoms with van der Waals surface area (Å²) in [5.41, 5.74) is 2.42. The lowest BCUT2D eigenvalue weighted by Gasteiger charge is -2.35. The highest BCUT2D eigenvalue weighted by Crippen LogP contribution is 2.31. The number of likely N-dealkylation sites (tertiary alicyclic amines) is 1. The third kappa shape index (κ3) is 3.00. The van der Waals surface area contributed by atoms with Gasteiger partial charge in [-0.2, -0.15) is 0 Å². The Balaban J connectivity index is 1.63. The number of ketones is 1. The number of nitrogens with one attached hydrogen (secondary N) is 1. The number of carbonyl (C=O) groups excluding carboxylic acids is 2. The predicted molar refractivity (Wildman–Crippen MR) is 97.5 cm³/mol. The molecular weight excluding hydrogens is 382 g/mol. The fourth-order valence-electron chi connectivity index (χ4n) is 3.89. The number of halogens is 1. The molecule has 2 aliphatic rings. The van der Waals surface area contributed by atoms with Crippen LogP contribution in [-0.2, 0) is 4.79 Å². The van der Waals surface area contributed by atoms with Gasteiger partial charge in [-0.05, 0) is 37.1 Å². The van der Waals surface area contributed by atoms with E-state index in [9.17, 15) is 9.59 Å². The van der Waals surface area contributed by atoms with Crippen molar-refractivity contribution in [1.82, 2.24) is 4.98 Å². The van der Waals surface area contributed by atoms with Crippen molar-refractivity contribution in [3.63, 3.8) is 0 Å². The van der Waals surface area contributed by atoms with Crippen LogP contribution in [-0.4, -0.2) is 29.9 Å². The van der Waals surface area contributed by atoms with E-state index in [4.69, 9.17) is 0 Å². The number of benzene rings is 1. The summed E-state index contributed by atoms with van der Waals surface area (Å²) in [6, 6.07) is 9.83. The number of quaternary nitrogens is 1. The van der Waals surface area contributed by atoms with E-state index < -0.39 is 11.7 Å². The van der Waals surface area contributed by atoms with E-state index in [1.165, 1.54) is 16.9 Å². The third-order valence-corrected chi connectivity index (χ3v) is 5.61. The number of Topliss-reactive ketones (excluding diaryl/α,β-unsaturated/α-hetero) is 1. The van der Waals surface area contributed by atoms with Crippen molar-refractivity contribution < 1.29 is 14.5 Å². The van der Waals surface area contributed by atoms with Gasteiger partial charge >= 0.3 is 5.91 Å². The van der Waals surface area contributed by atoms with Crippen molar-refractivity contribution >= 4 is 33.3 Å². The Morgan fingerprint density at radius 1 is 1.24 bits per heavy atom. The van der Waals surface area contributed by atoms with Crippen LogP contribution in [0.15, 0.2) is 47.2 Å². The molecule has 0 aliphatic carbocycles. The molecule has 1 amide bonds. The molecule has 0 bridgehead atoms. The number of anilines is 1.